The molecule has 2 nitrogen and oxygen atoms in total. The zero-order valence-corrected chi connectivity index (χ0v) is 10.7. The van der Waals surface area contributed by atoms with Gasteiger partial charge in [-0.3, -0.25) is 0 Å². The minimum absolute atomic E-state index is 0.0500. The smallest absolute Gasteiger partial charge is 0.161 e. The lowest BCUT2D eigenvalue weighted by Gasteiger charge is -2.08. The molecule has 2 N–H and O–H groups in total. The van der Waals surface area contributed by atoms with E-state index in [2.05, 4.69) is 5.32 Å². The normalized spacial score (nSPS) is 10.8. The predicted molar refractivity (Wildman–Crippen MR) is 69.2 cm³/mol. The van der Waals surface area contributed by atoms with Gasteiger partial charge >= 0.3 is 0 Å². The second-order valence-corrected chi connectivity index (χ2v) is 4.44. The molecule has 0 heterocycles. The lowest BCUT2D eigenvalue weighted by molar-refractivity contribution is 0.281. The van der Waals surface area contributed by atoms with Crippen molar-refractivity contribution in [3.8, 4) is 0 Å². The van der Waals surface area contributed by atoms with Crippen LogP contribution < -0.4 is 5.32 Å². The van der Waals surface area contributed by atoms with Gasteiger partial charge in [-0.05, 0) is 17.2 Å². The number of hydrogen-bond acceptors (Lipinski definition) is 2. The first-order chi connectivity index (χ1) is 9.60. The molecular weight excluding hydrogens is 267 g/mol. The molecular formula is C15H14F3NO. The first kappa shape index (κ1) is 14.6. The van der Waals surface area contributed by atoms with E-state index in [-0.39, 0.29) is 18.7 Å². The fourth-order valence-electron chi connectivity index (χ4n) is 1.88. The summed E-state index contributed by atoms with van der Waals surface area (Å²) in [4.78, 5) is 0. The molecule has 0 unspecified atom stereocenters. The minimum Gasteiger partial charge on any atom is -0.392 e. The first-order valence-corrected chi connectivity index (χ1v) is 6.13. The van der Waals surface area contributed by atoms with Gasteiger partial charge < -0.3 is 10.4 Å². The van der Waals surface area contributed by atoms with Gasteiger partial charge in [0.15, 0.2) is 11.6 Å². The first-order valence-electron chi connectivity index (χ1n) is 6.13. The van der Waals surface area contributed by atoms with Crippen LogP contribution in [0, 0.1) is 17.5 Å². The number of aliphatic hydroxyl groups excluding tert-OH is 1. The number of aliphatic hydroxyl groups is 1. The Hall–Kier alpha value is -1.85. The molecule has 0 spiro atoms. The molecule has 2 rings (SSSR count). The number of benzene rings is 2. The number of hydrogen-bond donors (Lipinski definition) is 2. The highest BCUT2D eigenvalue weighted by atomic mass is 19.2. The van der Waals surface area contributed by atoms with E-state index in [4.69, 9.17) is 5.11 Å². The Morgan fingerprint density at radius 3 is 2.30 bits per heavy atom. The predicted octanol–water partition coefficient (Wildman–Crippen LogP) is 2.89. The second-order valence-electron chi connectivity index (χ2n) is 4.44. The molecule has 0 amide bonds. The third-order valence-corrected chi connectivity index (χ3v) is 2.91. The van der Waals surface area contributed by atoms with Crippen molar-refractivity contribution in [3.63, 3.8) is 0 Å². The average molecular weight is 281 g/mol. The molecule has 0 radical (unpaired) electrons. The van der Waals surface area contributed by atoms with Gasteiger partial charge in [0.1, 0.15) is 5.82 Å². The van der Waals surface area contributed by atoms with Crippen LogP contribution in [0.4, 0.5) is 13.2 Å². The van der Waals surface area contributed by atoms with Crippen molar-refractivity contribution in [2.75, 3.05) is 0 Å². The van der Waals surface area contributed by atoms with Crippen molar-refractivity contribution >= 4 is 0 Å². The Bertz CT molecular complexity index is 602. The lowest BCUT2D eigenvalue weighted by Crippen LogP contribution is -2.14. The van der Waals surface area contributed by atoms with Crippen molar-refractivity contribution in [2.24, 2.45) is 0 Å². The number of nitrogens with one attached hydrogen (secondary N) is 1. The number of halogens is 3. The van der Waals surface area contributed by atoms with Gasteiger partial charge in [0, 0.05) is 24.7 Å². The van der Waals surface area contributed by atoms with E-state index in [0.717, 1.165) is 17.2 Å². The summed E-state index contributed by atoms with van der Waals surface area (Å²) >= 11 is 0. The maximum absolute atomic E-state index is 13.4. The van der Waals surface area contributed by atoms with Crippen LogP contribution in [0.1, 0.15) is 16.7 Å². The van der Waals surface area contributed by atoms with Crippen molar-refractivity contribution in [2.45, 2.75) is 19.7 Å². The lowest BCUT2D eigenvalue weighted by atomic mass is 10.1. The van der Waals surface area contributed by atoms with Gasteiger partial charge in [-0.25, -0.2) is 13.2 Å². The Morgan fingerprint density at radius 2 is 1.55 bits per heavy atom. The van der Waals surface area contributed by atoms with Crippen molar-refractivity contribution < 1.29 is 18.3 Å². The maximum Gasteiger partial charge on any atom is 0.161 e. The zero-order chi connectivity index (χ0) is 14.5. The van der Waals surface area contributed by atoms with E-state index in [9.17, 15) is 13.2 Å². The van der Waals surface area contributed by atoms with Crippen LogP contribution in [0.15, 0.2) is 36.4 Å². The summed E-state index contributed by atoms with van der Waals surface area (Å²) in [7, 11) is 0. The van der Waals surface area contributed by atoms with E-state index in [1.54, 1.807) is 12.1 Å². The molecule has 20 heavy (non-hydrogen) atoms. The molecule has 106 valence electrons. The molecule has 0 aromatic heterocycles. The van der Waals surface area contributed by atoms with Crippen LogP contribution in [-0.4, -0.2) is 5.11 Å². The fourth-order valence-corrected chi connectivity index (χ4v) is 1.88. The van der Waals surface area contributed by atoms with E-state index < -0.39 is 17.5 Å². The maximum atomic E-state index is 13.4. The number of rotatable bonds is 5. The Kier molecular flexibility index (Phi) is 4.76. The highest BCUT2D eigenvalue weighted by molar-refractivity contribution is 5.23. The summed E-state index contributed by atoms with van der Waals surface area (Å²) in [5, 5.41) is 12.0. The van der Waals surface area contributed by atoms with Crippen LogP contribution in [0.3, 0.4) is 0 Å². The standard InChI is InChI=1S/C15H14F3NO/c16-13-6-15(18)14(17)5-12(13)8-19-7-10-2-1-3-11(4-10)9-20/h1-6,19-20H,7-9H2. The monoisotopic (exact) mass is 281 g/mol. The van der Waals surface area contributed by atoms with Crippen LogP contribution in [0.25, 0.3) is 0 Å². The second kappa shape index (κ2) is 6.54. The Balaban J connectivity index is 1.97. The Morgan fingerprint density at radius 1 is 0.850 bits per heavy atom. The third-order valence-electron chi connectivity index (χ3n) is 2.91. The van der Waals surface area contributed by atoms with Crippen LogP contribution in [-0.2, 0) is 19.7 Å². The topological polar surface area (TPSA) is 32.3 Å². The zero-order valence-electron chi connectivity index (χ0n) is 10.7. The van der Waals surface area contributed by atoms with Gasteiger partial charge in [-0.15, -0.1) is 0 Å². The summed E-state index contributed by atoms with van der Waals surface area (Å²) in [5.41, 5.74) is 1.77. The molecule has 0 aliphatic rings. The molecule has 0 aliphatic carbocycles. The van der Waals surface area contributed by atoms with Gasteiger partial charge in [-0.1, -0.05) is 24.3 Å². The molecule has 0 saturated carbocycles. The quantitative estimate of drug-likeness (QED) is 0.826. The summed E-state index contributed by atoms with van der Waals surface area (Å²) in [5.74, 6) is -3.03. The molecule has 5 heteroatoms. The molecule has 0 aliphatic heterocycles. The largest absolute Gasteiger partial charge is 0.392 e. The summed E-state index contributed by atoms with van der Waals surface area (Å²) in [6, 6.07) is 8.65. The molecule has 2 aromatic rings. The highest BCUT2D eigenvalue weighted by Gasteiger charge is 2.09. The van der Waals surface area contributed by atoms with Crippen LogP contribution >= 0.6 is 0 Å². The van der Waals surface area contributed by atoms with Gasteiger partial charge in [0.25, 0.3) is 0 Å². The van der Waals surface area contributed by atoms with E-state index in [1.165, 1.54) is 0 Å². The van der Waals surface area contributed by atoms with Gasteiger partial charge in [0.05, 0.1) is 6.61 Å². The van der Waals surface area contributed by atoms with Crippen molar-refractivity contribution in [1.29, 1.82) is 0 Å². The van der Waals surface area contributed by atoms with Crippen LogP contribution in [0.2, 0.25) is 0 Å². The Labute approximate surface area is 114 Å². The van der Waals surface area contributed by atoms with E-state index >= 15 is 0 Å². The molecule has 0 bridgehead atoms. The molecule has 0 saturated heterocycles. The molecule has 0 atom stereocenters. The van der Waals surface area contributed by atoms with Crippen LogP contribution in [0.5, 0.6) is 0 Å². The van der Waals surface area contributed by atoms with Gasteiger partial charge in [-0.2, -0.15) is 0 Å². The molecule has 2 aromatic carbocycles. The molecule has 0 fully saturated rings. The minimum atomic E-state index is -1.19. The average Bonchev–Trinajstić information content (AvgIpc) is 2.44. The summed E-state index contributed by atoms with van der Waals surface area (Å²) in [6.45, 7) is 0.476. The van der Waals surface area contributed by atoms with E-state index in [1.807, 2.05) is 12.1 Å². The summed E-state index contributed by atoms with van der Waals surface area (Å²) in [6.07, 6.45) is 0. The SMILES string of the molecule is OCc1cccc(CNCc2cc(F)c(F)cc2F)c1. The van der Waals surface area contributed by atoms with E-state index in [0.29, 0.717) is 12.6 Å². The van der Waals surface area contributed by atoms with Crippen molar-refractivity contribution in [1.82, 2.24) is 5.32 Å². The highest BCUT2D eigenvalue weighted by Crippen LogP contribution is 2.14. The van der Waals surface area contributed by atoms with Crippen molar-refractivity contribution in [3.05, 3.63) is 70.5 Å². The van der Waals surface area contributed by atoms with Gasteiger partial charge in [0.2, 0.25) is 0 Å². The summed E-state index contributed by atoms with van der Waals surface area (Å²) < 4.78 is 39.2. The fraction of sp³-hybridized carbons (Fsp3) is 0.200. The third kappa shape index (κ3) is 3.59.